The number of benzene rings is 1. The third-order valence-electron chi connectivity index (χ3n) is 5.75. The summed E-state index contributed by atoms with van der Waals surface area (Å²) in [5, 5.41) is 12.7. The first-order valence-electron chi connectivity index (χ1n) is 9.52. The molecule has 1 aromatic rings. The van der Waals surface area contributed by atoms with Gasteiger partial charge in [0.1, 0.15) is 40.6 Å². The van der Waals surface area contributed by atoms with E-state index in [1.54, 1.807) is 0 Å². The van der Waals surface area contributed by atoms with E-state index in [0.717, 1.165) is 12.1 Å². The highest BCUT2D eigenvalue weighted by atomic mass is 32.5. The number of nitriles is 2. The molecule has 0 spiro atoms. The lowest BCUT2D eigenvalue weighted by molar-refractivity contribution is -0.0696. The van der Waals surface area contributed by atoms with Crippen LogP contribution < -0.4 is 10.4 Å². The third kappa shape index (κ3) is 4.77. The van der Waals surface area contributed by atoms with E-state index in [0.29, 0.717) is 6.92 Å². The standard InChI is InChI=1S/C20H7F13N4S2/c1-8-10(19(36-2)37-3)4-12-14(8)17(38(24,25,26,27)28)13-5-11(9(6-34)7-35)16(20(21,22)23)15(13)18(12)39(29,30,31,32)33/h4-5H2,1H3. The molecule has 0 aliphatic heterocycles. The van der Waals surface area contributed by atoms with Crippen LogP contribution in [0.5, 0.6) is 0 Å². The summed E-state index contributed by atoms with van der Waals surface area (Å²) in [4.78, 5) is -1.86. The molecule has 210 valence electrons. The van der Waals surface area contributed by atoms with Gasteiger partial charge in [0.25, 0.3) is 0 Å². The Hall–Kier alpha value is -3.81. The van der Waals surface area contributed by atoms with Gasteiger partial charge in [-0.25, -0.2) is 0 Å². The molecule has 0 N–H and O–H groups in total. The number of nitrogens with zero attached hydrogens (tertiary/aromatic N) is 4. The monoisotopic (exact) mass is 614 g/mol. The van der Waals surface area contributed by atoms with Gasteiger partial charge in [0.05, 0.1) is 11.1 Å². The third-order valence-corrected chi connectivity index (χ3v) is 8.20. The number of halogens is 13. The van der Waals surface area contributed by atoms with Crippen molar-refractivity contribution < 1.29 is 52.0 Å². The highest BCUT2D eigenvalue weighted by Crippen LogP contribution is 3.04. The van der Waals surface area contributed by atoms with Gasteiger partial charge in [-0.2, -0.15) is 33.4 Å². The second kappa shape index (κ2) is 6.84. The smallest absolute Gasteiger partial charge is 0.192 e. The molecule has 39 heavy (non-hydrogen) atoms. The fraction of sp³-hybridized carbons (Fsp3) is 0.200. The molecular formula is C20H7F13N4S2. The summed E-state index contributed by atoms with van der Waals surface area (Å²) in [5.41, 5.74) is -13.9. The maximum absolute atomic E-state index is 14.4. The molecule has 0 saturated carbocycles. The lowest BCUT2D eigenvalue weighted by atomic mass is 10.0. The van der Waals surface area contributed by atoms with Gasteiger partial charge in [0.2, 0.25) is 0 Å². The van der Waals surface area contributed by atoms with Crippen LogP contribution in [-0.2, 0) is 12.8 Å². The molecule has 4 nitrogen and oxygen atoms in total. The summed E-state index contributed by atoms with van der Waals surface area (Å²) in [7, 11) is -23.0. The molecule has 1 aromatic carbocycles. The van der Waals surface area contributed by atoms with Gasteiger partial charge < -0.3 is 0 Å². The van der Waals surface area contributed by atoms with E-state index in [2.05, 4.69) is 9.69 Å². The molecule has 0 fully saturated rings. The van der Waals surface area contributed by atoms with Crippen molar-refractivity contribution in [3.05, 3.63) is 66.9 Å². The molecule has 19 heteroatoms. The van der Waals surface area contributed by atoms with Crippen molar-refractivity contribution >= 4 is 31.6 Å². The van der Waals surface area contributed by atoms with Crippen molar-refractivity contribution in [1.82, 2.24) is 0 Å². The Balaban J connectivity index is 3.05. The average molecular weight is 614 g/mol. The van der Waals surface area contributed by atoms with Gasteiger partial charge in [0, 0.05) is 16.9 Å². The number of allylic oxidation sites excluding steroid dienone is 3. The lowest BCUT2D eigenvalue weighted by Gasteiger charge is -2.45. The van der Waals surface area contributed by atoms with Gasteiger partial charge in [-0.15, -0.1) is 0 Å². The minimum Gasteiger partial charge on any atom is -0.192 e. The Kier molecular flexibility index (Phi) is 5.22. The fourth-order valence-corrected chi connectivity index (χ4v) is 7.17. The van der Waals surface area contributed by atoms with Gasteiger partial charge in [0.15, 0.2) is 0 Å². The van der Waals surface area contributed by atoms with E-state index in [4.69, 9.17) is 23.7 Å². The van der Waals surface area contributed by atoms with E-state index in [1.807, 2.05) is 0 Å². The van der Waals surface area contributed by atoms with Crippen LogP contribution in [-0.4, -0.2) is 6.18 Å². The number of hydrogen-bond acceptors (Lipinski definition) is 2. The second-order valence-corrected chi connectivity index (χ2v) is 12.9. The average Bonchev–Trinajstić information content (AvgIpc) is 3.22. The van der Waals surface area contributed by atoms with E-state index < -0.39 is 105 Å². The molecule has 0 bridgehead atoms. The predicted molar refractivity (Wildman–Crippen MR) is 113 cm³/mol. The van der Waals surface area contributed by atoms with Crippen LogP contribution in [0.4, 0.5) is 52.0 Å². The lowest BCUT2D eigenvalue weighted by Crippen LogP contribution is -2.35. The number of alkyl halides is 3. The molecule has 0 amide bonds. The van der Waals surface area contributed by atoms with Crippen molar-refractivity contribution in [1.29, 1.82) is 10.5 Å². The van der Waals surface area contributed by atoms with Crippen LogP contribution in [0.25, 0.3) is 20.8 Å². The number of hydrogen-bond donors (Lipinski definition) is 0. The molecule has 0 heterocycles. The zero-order chi connectivity index (χ0) is 30.5. The summed E-state index contributed by atoms with van der Waals surface area (Å²) in [5.74, 6) is -1.29. The van der Waals surface area contributed by atoms with Crippen molar-refractivity contribution in [2.45, 2.75) is 35.7 Å². The summed E-state index contributed by atoms with van der Waals surface area (Å²) >= 11 is 0. The van der Waals surface area contributed by atoms with Crippen LogP contribution in [0.1, 0.15) is 18.1 Å². The van der Waals surface area contributed by atoms with Crippen LogP contribution in [0.3, 0.4) is 0 Å². The predicted octanol–water partition coefficient (Wildman–Crippen LogP) is 8.39. The van der Waals surface area contributed by atoms with Crippen LogP contribution in [0, 0.1) is 35.8 Å². The van der Waals surface area contributed by atoms with E-state index in [-0.39, 0.29) is 0 Å². The van der Waals surface area contributed by atoms with Crippen LogP contribution in [0.15, 0.2) is 32.3 Å². The van der Waals surface area contributed by atoms with Gasteiger partial charge in [-0.3, -0.25) is 0 Å². The maximum Gasteiger partial charge on any atom is 0.523 e. The van der Waals surface area contributed by atoms with Gasteiger partial charge >= 0.3 is 32.4 Å². The molecule has 0 aromatic heterocycles. The van der Waals surface area contributed by atoms with E-state index in [1.165, 1.54) is 0 Å². The maximum atomic E-state index is 14.4. The first kappa shape index (κ1) is 29.7. The molecule has 3 rings (SSSR count). The molecule has 2 aliphatic rings. The largest absolute Gasteiger partial charge is 0.523 e. The van der Waals surface area contributed by atoms with Crippen molar-refractivity contribution in [2.75, 3.05) is 0 Å². The van der Waals surface area contributed by atoms with Gasteiger partial charge in [-0.1, -0.05) is 38.9 Å². The fourth-order valence-electron chi connectivity index (χ4n) is 4.62. The molecule has 0 radical (unpaired) electrons. The number of fused-ring (bicyclic) bond motifs is 2. The number of rotatable bonds is 2. The zero-order valence-electron chi connectivity index (χ0n) is 18.4. The first-order chi connectivity index (χ1) is 17.0. The molecule has 0 saturated heterocycles. The van der Waals surface area contributed by atoms with E-state index >= 15 is 0 Å². The van der Waals surface area contributed by atoms with E-state index in [9.17, 15) is 52.0 Å². The van der Waals surface area contributed by atoms with Crippen LogP contribution >= 0.6 is 20.4 Å². The SMILES string of the molecule is [C-]#[N+]C([N+]#[C-])=C1Cc2c(S(F)(F)(F)(F)F)c3c(c(S(F)(F)(F)(F)F)c2=C1C)CC(=C(C#N)C#N)C=3C(F)(F)F. The first-order valence-corrected chi connectivity index (χ1v) is 13.4. The Bertz CT molecular complexity index is 1750. The normalized spacial score (nSPS) is 18.8. The Morgan fingerprint density at radius 3 is 1.49 bits per heavy atom. The highest BCUT2D eigenvalue weighted by Gasteiger charge is 2.72. The van der Waals surface area contributed by atoms with Crippen LogP contribution in [0.2, 0.25) is 0 Å². The Morgan fingerprint density at radius 1 is 0.744 bits per heavy atom. The Morgan fingerprint density at radius 2 is 1.13 bits per heavy atom. The molecule has 0 unspecified atom stereocenters. The molecule has 0 atom stereocenters. The second-order valence-electron chi connectivity index (χ2n) is 8.26. The quantitative estimate of drug-likeness (QED) is 0.191. The molecule has 2 aliphatic carbocycles. The summed E-state index contributed by atoms with van der Waals surface area (Å²) in [6, 6.07) is 1.58. The van der Waals surface area contributed by atoms with Crippen molar-refractivity contribution in [2.24, 2.45) is 0 Å². The minimum absolute atomic E-state index is 0.419. The van der Waals surface area contributed by atoms with Gasteiger partial charge in [-0.05, 0) is 35.6 Å². The van der Waals surface area contributed by atoms with Crippen molar-refractivity contribution in [3.63, 3.8) is 0 Å². The zero-order valence-corrected chi connectivity index (χ0v) is 20.1. The summed E-state index contributed by atoms with van der Waals surface area (Å²) < 4.78 is 186. The summed E-state index contributed by atoms with van der Waals surface area (Å²) in [6.45, 7) is 14.2. The minimum atomic E-state index is -11.6. The molecular weight excluding hydrogens is 607 g/mol. The summed E-state index contributed by atoms with van der Waals surface area (Å²) in [6.07, 6.45) is -10.3. The highest BCUT2D eigenvalue weighted by molar-refractivity contribution is 8.46. The topological polar surface area (TPSA) is 56.3 Å². The Labute approximate surface area is 209 Å². The van der Waals surface area contributed by atoms with Crippen molar-refractivity contribution in [3.8, 4) is 12.1 Å².